The van der Waals surface area contributed by atoms with Crippen molar-refractivity contribution in [2.75, 3.05) is 5.73 Å². The molecule has 0 saturated carbocycles. The molecule has 0 unspecified atom stereocenters. The second-order valence-corrected chi connectivity index (χ2v) is 2.43. The Hall–Kier alpha value is -2.04. The first-order valence-electron chi connectivity index (χ1n) is 3.72. The lowest BCUT2D eigenvalue weighted by atomic mass is 10.3. The molecule has 0 aliphatic heterocycles. The third-order valence-corrected chi connectivity index (χ3v) is 1.51. The number of aromatic nitrogens is 4. The maximum absolute atomic E-state index is 5.40. The Kier molecular flexibility index (Phi) is 1.84. The summed E-state index contributed by atoms with van der Waals surface area (Å²) < 4.78 is 0. The summed E-state index contributed by atoms with van der Waals surface area (Å²) in [5, 5.41) is 7.59. The molecule has 0 aliphatic carbocycles. The molecule has 0 spiro atoms. The van der Waals surface area contributed by atoms with Gasteiger partial charge in [-0.15, -0.1) is 10.2 Å². The molecule has 64 valence electrons. The lowest BCUT2D eigenvalue weighted by molar-refractivity contribution is 1.03. The van der Waals surface area contributed by atoms with Gasteiger partial charge in [0.25, 0.3) is 0 Å². The molecule has 2 N–H and O–H groups in total. The van der Waals surface area contributed by atoms with E-state index in [1.807, 2.05) is 0 Å². The van der Waals surface area contributed by atoms with Gasteiger partial charge in [0.1, 0.15) is 17.2 Å². The van der Waals surface area contributed by atoms with E-state index in [2.05, 4.69) is 20.2 Å². The van der Waals surface area contributed by atoms with Crippen LogP contribution >= 0.6 is 0 Å². The normalized spacial score (nSPS) is 9.85. The molecule has 0 amide bonds. The summed E-state index contributed by atoms with van der Waals surface area (Å²) in [5.41, 5.74) is 6.75. The van der Waals surface area contributed by atoms with Gasteiger partial charge in [0.2, 0.25) is 0 Å². The van der Waals surface area contributed by atoms with Crippen molar-refractivity contribution in [1.29, 1.82) is 0 Å². The molecule has 5 heteroatoms. The highest BCUT2D eigenvalue weighted by Gasteiger charge is 1.99. The number of hydrogen-bond donors (Lipinski definition) is 1. The molecule has 2 heterocycles. The molecule has 2 rings (SSSR count). The first-order chi connectivity index (χ1) is 6.36. The number of hydrogen-bond acceptors (Lipinski definition) is 5. The Labute approximate surface area is 74.7 Å². The number of nitrogens with two attached hydrogens (primary N) is 1. The van der Waals surface area contributed by atoms with E-state index in [0.29, 0.717) is 17.2 Å². The molecule has 2 aromatic rings. The van der Waals surface area contributed by atoms with Crippen molar-refractivity contribution in [1.82, 2.24) is 20.2 Å². The second-order valence-electron chi connectivity index (χ2n) is 2.43. The molecule has 0 bridgehead atoms. The fraction of sp³-hybridized carbons (Fsp3) is 0. The third kappa shape index (κ3) is 1.58. The van der Waals surface area contributed by atoms with Crippen molar-refractivity contribution in [2.45, 2.75) is 0 Å². The predicted octanol–water partition coefficient (Wildman–Crippen LogP) is 0.516. The molecule has 0 fully saturated rings. The summed E-state index contributed by atoms with van der Waals surface area (Å²) in [5.74, 6) is 0.396. The van der Waals surface area contributed by atoms with Gasteiger partial charge >= 0.3 is 0 Å². The Morgan fingerprint density at radius 1 is 1.00 bits per heavy atom. The minimum atomic E-state index is 0.396. The molecule has 5 nitrogen and oxygen atoms in total. The summed E-state index contributed by atoms with van der Waals surface area (Å²) in [6, 6.07) is 3.43. The maximum Gasteiger partial charge on any atom is 0.146 e. The fourth-order valence-corrected chi connectivity index (χ4v) is 0.911. The van der Waals surface area contributed by atoms with E-state index in [-0.39, 0.29) is 0 Å². The number of anilines is 1. The average Bonchev–Trinajstić information content (AvgIpc) is 2.20. The van der Waals surface area contributed by atoms with Crippen LogP contribution in [0, 0.1) is 0 Å². The SMILES string of the molecule is Nc1ccc(-c2cnccn2)nn1. The van der Waals surface area contributed by atoms with Crippen molar-refractivity contribution in [2.24, 2.45) is 0 Å². The second kappa shape index (κ2) is 3.14. The zero-order chi connectivity index (χ0) is 9.10. The van der Waals surface area contributed by atoms with E-state index in [1.165, 1.54) is 0 Å². The van der Waals surface area contributed by atoms with Crippen molar-refractivity contribution in [3.05, 3.63) is 30.7 Å². The highest BCUT2D eigenvalue weighted by molar-refractivity contribution is 5.52. The summed E-state index contributed by atoms with van der Waals surface area (Å²) in [6.45, 7) is 0. The van der Waals surface area contributed by atoms with E-state index >= 15 is 0 Å². The van der Waals surface area contributed by atoms with Crippen LogP contribution in [0.5, 0.6) is 0 Å². The van der Waals surface area contributed by atoms with Gasteiger partial charge in [0.15, 0.2) is 0 Å². The molecule has 2 aromatic heterocycles. The van der Waals surface area contributed by atoms with Crippen LogP contribution in [-0.4, -0.2) is 20.2 Å². The van der Waals surface area contributed by atoms with Gasteiger partial charge in [-0.2, -0.15) is 0 Å². The Morgan fingerprint density at radius 2 is 1.92 bits per heavy atom. The summed E-state index contributed by atoms with van der Waals surface area (Å²) in [7, 11) is 0. The molecule has 0 aromatic carbocycles. The standard InChI is InChI=1S/C8H7N5/c9-8-2-1-6(12-13-8)7-5-10-3-4-11-7/h1-5H,(H2,9,13). The van der Waals surface area contributed by atoms with Gasteiger partial charge < -0.3 is 5.73 Å². The van der Waals surface area contributed by atoms with Gasteiger partial charge in [-0.1, -0.05) is 0 Å². The van der Waals surface area contributed by atoms with Crippen molar-refractivity contribution in [3.63, 3.8) is 0 Å². The van der Waals surface area contributed by atoms with Gasteiger partial charge in [0, 0.05) is 12.4 Å². The Balaban J connectivity index is 2.42. The monoisotopic (exact) mass is 173 g/mol. The van der Waals surface area contributed by atoms with Gasteiger partial charge in [-0.05, 0) is 12.1 Å². The van der Waals surface area contributed by atoms with E-state index in [4.69, 9.17) is 5.73 Å². The molecule has 0 saturated heterocycles. The average molecular weight is 173 g/mol. The zero-order valence-electron chi connectivity index (χ0n) is 6.75. The van der Waals surface area contributed by atoms with Crippen LogP contribution in [0.4, 0.5) is 5.82 Å². The summed E-state index contributed by atoms with van der Waals surface area (Å²) in [4.78, 5) is 7.99. The van der Waals surface area contributed by atoms with Crippen molar-refractivity contribution in [3.8, 4) is 11.4 Å². The first kappa shape index (κ1) is 7.60. The van der Waals surface area contributed by atoms with E-state index in [9.17, 15) is 0 Å². The van der Waals surface area contributed by atoms with Crippen LogP contribution in [0.2, 0.25) is 0 Å². The summed E-state index contributed by atoms with van der Waals surface area (Å²) in [6.07, 6.45) is 4.84. The maximum atomic E-state index is 5.40. The molecular formula is C8H7N5. The zero-order valence-corrected chi connectivity index (χ0v) is 6.75. The summed E-state index contributed by atoms with van der Waals surface area (Å²) >= 11 is 0. The van der Waals surface area contributed by atoms with Gasteiger partial charge in [-0.25, -0.2) is 0 Å². The van der Waals surface area contributed by atoms with Crippen LogP contribution in [-0.2, 0) is 0 Å². The molecule has 0 atom stereocenters. The largest absolute Gasteiger partial charge is 0.382 e. The third-order valence-electron chi connectivity index (χ3n) is 1.51. The number of nitrogens with zero attached hydrogens (tertiary/aromatic N) is 4. The Morgan fingerprint density at radius 3 is 2.54 bits per heavy atom. The minimum absolute atomic E-state index is 0.396. The van der Waals surface area contributed by atoms with Crippen molar-refractivity contribution >= 4 is 5.82 Å². The Bertz CT molecular complexity index is 383. The van der Waals surface area contributed by atoms with Crippen molar-refractivity contribution < 1.29 is 0 Å². The van der Waals surface area contributed by atoms with Crippen LogP contribution in [0.15, 0.2) is 30.7 Å². The number of rotatable bonds is 1. The minimum Gasteiger partial charge on any atom is -0.382 e. The topological polar surface area (TPSA) is 77.6 Å². The highest BCUT2D eigenvalue weighted by Crippen LogP contribution is 2.10. The first-order valence-corrected chi connectivity index (χ1v) is 3.72. The van der Waals surface area contributed by atoms with Crippen LogP contribution < -0.4 is 5.73 Å². The predicted molar refractivity (Wildman–Crippen MR) is 47.5 cm³/mol. The molecule has 0 aliphatic rings. The van der Waals surface area contributed by atoms with Crippen LogP contribution in [0.3, 0.4) is 0 Å². The lowest BCUT2D eigenvalue weighted by Crippen LogP contribution is -1.94. The van der Waals surface area contributed by atoms with E-state index in [0.717, 1.165) is 0 Å². The van der Waals surface area contributed by atoms with Crippen LogP contribution in [0.1, 0.15) is 0 Å². The number of nitrogen functional groups attached to an aromatic ring is 1. The lowest BCUT2D eigenvalue weighted by Gasteiger charge is -1.96. The van der Waals surface area contributed by atoms with Gasteiger partial charge in [0.05, 0.1) is 6.20 Å². The van der Waals surface area contributed by atoms with E-state index < -0.39 is 0 Å². The quantitative estimate of drug-likeness (QED) is 0.680. The van der Waals surface area contributed by atoms with E-state index in [1.54, 1.807) is 30.7 Å². The van der Waals surface area contributed by atoms with Gasteiger partial charge in [-0.3, -0.25) is 9.97 Å². The molecule has 0 radical (unpaired) electrons. The smallest absolute Gasteiger partial charge is 0.146 e. The fourth-order valence-electron chi connectivity index (χ4n) is 0.911. The molecular weight excluding hydrogens is 166 g/mol. The highest BCUT2D eigenvalue weighted by atomic mass is 15.1. The molecule has 13 heavy (non-hydrogen) atoms. The van der Waals surface area contributed by atoms with Crippen LogP contribution in [0.25, 0.3) is 11.4 Å².